The summed E-state index contributed by atoms with van der Waals surface area (Å²) >= 11 is 5.82. The molecule has 1 heterocycles. The molecule has 0 N–H and O–H groups in total. The number of hydrogen-bond acceptors (Lipinski definition) is 1. The minimum Gasteiger partial charge on any atom is -0.276 e. The summed E-state index contributed by atoms with van der Waals surface area (Å²) in [7, 11) is 1.93. The first-order valence-electron chi connectivity index (χ1n) is 4.08. The van der Waals surface area contributed by atoms with Crippen LogP contribution in [0.1, 0.15) is 19.5 Å². The Morgan fingerprint density at radius 2 is 2.25 bits per heavy atom. The summed E-state index contributed by atoms with van der Waals surface area (Å²) in [6.45, 7) is 4.30. The Bertz CT molecular complexity index is 253. The van der Waals surface area contributed by atoms with Crippen LogP contribution in [-0.2, 0) is 13.5 Å². The first-order chi connectivity index (χ1) is 5.53. The van der Waals surface area contributed by atoms with Gasteiger partial charge < -0.3 is 0 Å². The molecule has 0 amide bonds. The van der Waals surface area contributed by atoms with E-state index in [9.17, 15) is 0 Å². The Balaban J connectivity index is 2.63. The van der Waals surface area contributed by atoms with Crippen LogP contribution in [0, 0.1) is 5.41 Å². The van der Waals surface area contributed by atoms with Crippen LogP contribution in [0.25, 0.3) is 0 Å². The number of aromatic nitrogens is 2. The maximum atomic E-state index is 5.82. The van der Waals surface area contributed by atoms with E-state index in [4.69, 9.17) is 11.6 Å². The van der Waals surface area contributed by atoms with Gasteiger partial charge in [-0.25, -0.2) is 0 Å². The van der Waals surface area contributed by atoms with Gasteiger partial charge in [0.05, 0.1) is 5.69 Å². The second kappa shape index (κ2) is 3.48. The molecular weight excluding hydrogens is 172 g/mol. The van der Waals surface area contributed by atoms with Crippen LogP contribution >= 0.6 is 11.6 Å². The molecular formula is C9H15ClN2. The molecule has 1 rings (SSSR count). The molecule has 2 nitrogen and oxygen atoms in total. The quantitative estimate of drug-likeness (QED) is 0.662. The van der Waals surface area contributed by atoms with Crippen molar-refractivity contribution in [3.8, 4) is 0 Å². The molecule has 0 aliphatic carbocycles. The van der Waals surface area contributed by atoms with Gasteiger partial charge in [-0.15, -0.1) is 11.6 Å². The average molecular weight is 187 g/mol. The molecule has 0 aliphatic rings. The molecule has 12 heavy (non-hydrogen) atoms. The minimum absolute atomic E-state index is 0.149. The van der Waals surface area contributed by atoms with Crippen LogP contribution in [0.3, 0.4) is 0 Å². The second-order valence-corrected chi connectivity index (χ2v) is 4.22. The largest absolute Gasteiger partial charge is 0.276 e. The van der Waals surface area contributed by atoms with E-state index in [1.165, 1.54) is 0 Å². The van der Waals surface area contributed by atoms with E-state index in [-0.39, 0.29) is 5.41 Å². The summed E-state index contributed by atoms with van der Waals surface area (Å²) in [5.41, 5.74) is 1.26. The normalized spacial score (nSPS) is 12.0. The first kappa shape index (κ1) is 9.59. The van der Waals surface area contributed by atoms with E-state index in [1.54, 1.807) is 0 Å². The highest BCUT2D eigenvalue weighted by atomic mass is 35.5. The van der Waals surface area contributed by atoms with E-state index in [1.807, 2.05) is 24.0 Å². The third-order valence-corrected chi connectivity index (χ3v) is 2.51. The molecule has 0 unspecified atom stereocenters. The summed E-state index contributed by atoms with van der Waals surface area (Å²) in [6.07, 6.45) is 2.90. The highest BCUT2D eigenvalue weighted by molar-refractivity contribution is 6.18. The van der Waals surface area contributed by atoms with Crippen LogP contribution in [-0.4, -0.2) is 15.7 Å². The number of hydrogen-bond donors (Lipinski definition) is 0. The molecule has 0 atom stereocenters. The fourth-order valence-corrected chi connectivity index (χ4v) is 1.19. The zero-order valence-electron chi connectivity index (χ0n) is 7.84. The Hall–Kier alpha value is -0.500. The molecule has 0 aromatic carbocycles. The third-order valence-electron chi connectivity index (χ3n) is 1.79. The van der Waals surface area contributed by atoms with E-state index in [0.29, 0.717) is 5.88 Å². The summed E-state index contributed by atoms with van der Waals surface area (Å²) in [5.74, 6) is 0.670. The monoisotopic (exact) mass is 186 g/mol. The summed E-state index contributed by atoms with van der Waals surface area (Å²) in [4.78, 5) is 0. The zero-order valence-corrected chi connectivity index (χ0v) is 8.60. The Morgan fingerprint density at radius 3 is 2.67 bits per heavy atom. The van der Waals surface area contributed by atoms with Gasteiger partial charge in [-0.2, -0.15) is 5.10 Å². The average Bonchev–Trinajstić information content (AvgIpc) is 2.35. The van der Waals surface area contributed by atoms with Crippen molar-refractivity contribution in [1.82, 2.24) is 9.78 Å². The first-order valence-corrected chi connectivity index (χ1v) is 4.61. The lowest BCUT2D eigenvalue weighted by Crippen LogP contribution is -2.17. The molecule has 3 heteroatoms. The zero-order chi connectivity index (χ0) is 9.19. The fourth-order valence-electron chi connectivity index (χ4n) is 1.10. The Morgan fingerprint density at radius 1 is 1.58 bits per heavy atom. The summed E-state index contributed by atoms with van der Waals surface area (Å²) in [5, 5.41) is 4.30. The lowest BCUT2D eigenvalue weighted by atomic mass is 9.90. The van der Waals surface area contributed by atoms with E-state index < -0.39 is 0 Å². The smallest absolute Gasteiger partial charge is 0.0630 e. The van der Waals surface area contributed by atoms with Gasteiger partial charge >= 0.3 is 0 Å². The molecule has 0 saturated carbocycles. The van der Waals surface area contributed by atoms with Crippen molar-refractivity contribution in [3.05, 3.63) is 18.0 Å². The van der Waals surface area contributed by atoms with Crippen molar-refractivity contribution < 1.29 is 0 Å². The molecule has 1 aromatic rings. The van der Waals surface area contributed by atoms with Crippen LogP contribution in [0.2, 0.25) is 0 Å². The minimum atomic E-state index is 0.149. The molecule has 0 saturated heterocycles. The number of aryl methyl sites for hydroxylation is 1. The van der Waals surface area contributed by atoms with Crippen LogP contribution in [0.5, 0.6) is 0 Å². The van der Waals surface area contributed by atoms with Crippen molar-refractivity contribution in [2.24, 2.45) is 12.5 Å². The molecule has 1 aromatic heterocycles. The molecule has 0 bridgehead atoms. The van der Waals surface area contributed by atoms with E-state index in [0.717, 1.165) is 12.1 Å². The maximum absolute atomic E-state index is 5.82. The number of rotatable bonds is 3. The van der Waals surface area contributed by atoms with Crippen molar-refractivity contribution in [3.63, 3.8) is 0 Å². The van der Waals surface area contributed by atoms with Gasteiger partial charge in [0.15, 0.2) is 0 Å². The number of alkyl halides is 1. The SMILES string of the molecule is Cn1ccc(CC(C)(C)CCl)n1. The molecule has 0 fully saturated rings. The Kier molecular flexibility index (Phi) is 2.78. The second-order valence-electron chi connectivity index (χ2n) is 3.96. The van der Waals surface area contributed by atoms with Crippen molar-refractivity contribution in [2.75, 3.05) is 5.88 Å². The number of halogens is 1. The van der Waals surface area contributed by atoms with Crippen LogP contribution in [0.15, 0.2) is 12.3 Å². The third kappa shape index (κ3) is 2.52. The summed E-state index contributed by atoms with van der Waals surface area (Å²) < 4.78 is 1.82. The highest BCUT2D eigenvalue weighted by Gasteiger charge is 2.18. The predicted octanol–water partition coefficient (Wildman–Crippen LogP) is 2.23. The molecule has 0 aliphatic heterocycles. The van der Waals surface area contributed by atoms with Crippen LogP contribution < -0.4 is 0 Å². The van der Waals surface area contributed by atoms with Crippen molar-refractivity contribution in [2.45, 2.75) is 20.3 Å². The summed E-state index contributed by atoms with van der Waals surface area (Å²) in [6, 6.07) is 2.04. The van der Waals surface area contributed by atoms with Gasteiger partial charge in [0, 0.05) is 19.1 Å². The van der Waals surface area contributed by atoms with E-state index >= 15 is 0 Å². The van der Waals surface area contributed by atoms with Crippen LogP contribution in [0.4, 0.5) is 0 Å². The standard InChI is InChI=1S/C9H15ClN2/c1-9(2,7-10)6-8-4-5-12(3)11-8/h4-5H,6-7H2,1-3H3. The topological polar surface area (TPSA) is 17.8 Å². The number of nitrogens with zero attached hydrogens (tertiary/aromatic N) is 2. The molecule has 68 valence electrons. The lowest BCUT2D eigenvalue weighted by Gasteiger charge is -2.19. The highest BCUT2D eigenvalue weighted by Crippen LogP contribution is 2.21. The van der Waals surface area contributed by atoms with Gasteiger partial charge in [-0.1, -0.05) is 13.8 Å². The lowest BCUT2D eigenvalue weighted by molar-refractivity contribution is 0.411. The van der Waals surface area contributed by atoms with Gasteiger partial charge in [0.2, 0.25) is 0 Å². The van der Waals surface area contributed by atoms with E-state index in [2.05, 4.69) is 18.9 Å². The van der Waals surface area contributed by atoms with Gasteiger partial charge in [0.25, 0.3) is 0 Å². The molecule has 0 spiro atoms. The van der Waals surface area contributed by atoms with Gasteiger partial charge in [0.1, 0.15) is 0 Å². The predicted molar refractivity (Wildman–Crippen MR) is 51.4 cm³/mol. The van der Waals surface area contributed by atoms with Gasteiger partial charge in [-0.05, 0) is 17.9 Å². The molecule has 0 radical (unpaired) electrons. The Labute approximate surface area is 78.5 Å². The fraction of sp³-hybridized carbons (Fsp3) is 0.667. The van der Waals surface area contributed by atoms with Crippen molar-refractivity contribution in [1.29, 1.82) is 0 Å². The van der Waals surface area contributed by atoms with Crippen molar-refractivity contribution >= 4 is 11.6 Å². The maximum Gasteiger partial charge on any atom is 0.0630 e. The van der Waals surface area contributed by atoms with Gasteiger partial charge in [-0.3, -0.25) is 4.68 Å².